The molecule has 0 aliphatic heterocycles. The van der Waals surface area contributed by atoms with E-state index in [9.17, 15) is 0 Å². The Morgan fingerprint density at radius 1 is 1.56 bits per heavy atom. The Kier molecular flexibility index (Phi) is 1.98. The summed E-state index contributed by atoms with van der Waals surface area (Å²) in [5, 5.41) is 7.40. The van der Waals surface area contributed by atoms with Crippen molar-refractivity contribution in [1.29, 1.82) is 0 Å². The summed E-state index contributed by atoms with van der Waals surface area (Å²) in [6.45, 7) is 0. The highest BCUT2D eigenvalue weighted by Crippen LogP contribution is 1.92. The van der Waals surface area contributed by atoms with Gasteiger partial charge in [-0.05, 0) is 12.1 Å². The lowest BCUT2D eigenvalue weighted by molar-refractivity contribution is 0.929. The van der Waals surface area contributed by atoms with Gasteiger partial charge in [0, 0.05) is 13.2 Å². The summed E-state index contributed by atoms with van der Waals surface area (Å²) in [6, 6.07) is 3.64. The molecule has 0 radical (unpaired) electrons. The molecule has 0 aliphatic rings. The van der Waals surface area contributed by atoms with E-state index in [0.717, 1.165) is 5.82 Å². The molecule has 9 heavy (non-hydrogen) atoms. The van der Waals surface area contributed by atoms with Crippen LogP contribution in [0.15, 0.2) is 18.3 Å². The van der Waals surface area contributed by atoms with Gasteiger partial charge in [-0.2, -0.15) is 5.10 Å². The summed E-state index contributed by atoms with van der Waals surface area (Å²) < 4.78 is 0. The van der Waals surface area contributed by atoms with Crippen molar-refractivity contribution in [2.75, 3.05) is 12.5 Å². The van der Waals surface area contributed by atoms with Crippen LogP contribution in [0, 0.1) is 0 Å². The molecule has 0 fully saturated rings. The van der Waals surface area contributed by atoms with Crippen molar-refractivity contribution in [3.63, 3.8) is 0 Å². The number of hydrogen-bond acceptors (Lipinski definition) is 4. The fourth-order valence-corrected chi connectivity index (χ4v) is 0.496. The van der Waals surface area contributed by atoms with Gasteiger partial charge in [0.15, 0.2) is 5.82 Å². The number of aromatic nitrogens is 2. The Hall–Kier alpha value is -1.16. The summed E-state index contributed by atoms with van der Waals surface area (Å²) in [6.07, 6.45) is 1.63. The van der Waals surface area contributed by atoms with Gasteiger partial charge in [-0.15, -0.1) is 5.10 Å². The second-order valence-corrected chi connectivity index (χ2v) is 1.48. The van der Waals surface area contributed by atoms with Gasteiger partial charge in [0.2, 0.25) is 0 Å². The van der Waals surface area contributed by atoms with Crippen LogP contribution in [0.4, 0.5) is 5.82 Å². The van der Waals surface area contributed by atoms with Gasteiger partial charge in [-0.3, -0.25) is 0 Å². The lowest BCUT2D eigenvalue weighted by Gasteiger charge is -1.98. The first-order valence-corrected chi connectivity index (χ1v) is 2.64. The minimum absolute atomic E-state index is 0.722. The standard InChI is InChI=1S/C5H8N4/c1-6-8-5-3-2-4-7-9-5/h2-4,6H,1H3,(H,8,9). The van der Waals surface area contributed by atoms with Crippen molar-refractivity contribution in [2.45, 2.75) is 0 Å². The maximum Gasteiger partial charge on any atom is 0.162 e. The topological polar surface area (TPSA) is 49.8 Å². The molecule has 0 saturated heterocycles. The predicted octanol–water partition coefficient (Wildman–Crippen LogP) is 0.0229. The highest BCUT2D eigenvalue weighted by molar-refractivity contribution is 5.29. The van der Waals surface area contributed by atoms with Crippen molar-refractivity contribution in [2.24, 2.45) is 0 Å². The van der Waals surface area contributed by atoms with Gasteiger partial charge >= 0.3 is 0 Å². The van der Waals surface area contributed by atoms with Gasteiger partial charge in [0.25, 0.3) is 0 Å². The zero-order valence-electron chi connectivity index (χ0n) is 5.13. The van der Waals surface area contributed by atoms with E-state index in [1.165, 1.54) is 0 Å². The van der Waals surface area contributed by atoms with Gasteiger partial charge in [-0.1, -0.05) is 0 Å². The summed E-state index contributed by atoms with van der Waals surface area (Å²) in [5.74, 6) is 0.722. The van der Waals surface area contributed by atoms with E-state index in [1.807, 2.05) is 12.1 Å². The van der Waals surface area contributed by atoms with Gasteiger partial charge in [0.1, 0.15) is 0 Å². The molecule has 48 valence electrons. The van der Waals surface area contributed by atoms with Crippen molar-refractivity contribution >= 4 is 5.82 Å². The van der Waals surface area contributed by atoms with Gasteiger partial charge in [0.05, 0.1) is 0 Å². The molecule has 4 nitrogen and oxygen atoms in total. The number of rotatable bonds is 2. The SMILES string of the molecule is CNNc1cccnn1. The predicted molar refractivity (Wildman–Crippen MR) is 34.7 cm³/mol. The molecule has 1 aromatic heterocycles. The smallest absolute Gasteiger partial charge is 0.162 e. The van der Waals surface area contributed by atoms with Crippen LogP contribution in [0.3, 0.4) is 0 Å². The van der Waals surface area contributed by atoms with E-state index in [-0.39, 0.29) is 0 Å². The maximum atomic E-state index is 3.74. The van der Waals surface area contributed by atoms with Crippen LogP contribution >= 0.6 is 0 Å². The molecule has 2 N–H and O–H groups in total. The summed E-state index contributed by atoms with van der Waals surface area (Å²) in [4.78, 5) is 0. The molecular formula is C5H8N4. The average Bonchev–Trinajstić information content (AvgIpc) is 1.91. The summed E-state index contributed by atoms with van der Waals surface area (Å²) >= 11 is 0. The molecule has 4 heteroatoms. The van der Waals surface area contributed by atoms with Crippen LogP contribution in [0.2, 0.25) is 0 Å². The minimum Gasteiger partial charge on any atom is -0.305 e. The first kappa shape index (κ1) is 5.97. The number of anilines is 1. The molecule has 0 bridgehead atoms. The molecule has 0 saturated carbocycles. The lowest BCUT2D eigenvalue weighted by Crippen LogP contribution is -2.15. The van der Waals surface area contributed by atoms with E-state index >= 15 is 0 Å². The largest absolute Gasteiger partial charge is 0.305 e. The Bertz CT molecular complexity index is 162. The Labute approximate surface area is 53.3 Å². The average molecular weight is 124 g/mol. The van der Waals surface area contributed by atoms with Crippen LogP contribution in [0.5, 0.6) is 0 Å². The molecular weight excluding hydrogens is 116 g/mol. The van der Waals surface area contributed by atoms with Crippen molar-refractivity contribution in [3.8, 4) is 0 Å². The minimum atomic E-state index is 0.722. The first-order chi connectivity index (χ1) is 4.43. The molecule has 0 amide bonds. The quantitative estimate of drug-likeness (QED) is 0.546. The second-order valence-electron chi connectivity index (χ2n) is 1.48. The Morgan fingerprint density at radius 3 is 3.00 bits per heavy atom. The van der Waals surface area contributed by atoms with E-state index in [0.29, 0.717) is 0 Å². The van der Waals surface area contributed by atoms with Gasteiger partial charge < -0.3 is 5.43 Å². The number of hydrogen-bond donors (Lipinski definition) is 2. The molecule has 0 unspecified atom stereocenters. The lowest BCUT2D eigenvalue weighted by atomic mass is 10.5. The van der Waals surface area contributed by atoms with Crippen LogP contribution in [-0.2, 0) is 0 Å². The van der Waals surface area contributed by atoms with E-state index < -0.39 is 0 Å². The molecule has 1 rings (SSSR count). The maximum absolute atomic E-state index is 3.74. The zero-order valence-corrected chi connectivity index (χ0v) is 5.13. The molecule has 0 aliphatic carbocycles. The van der Waals surface area contributed by atoms with E-state index in [2.05, 4.69) is 21.0 Å². The third-order valence-corrected chi connectivity index (χ3v) is 0.825. The number of nitrogens with one attached hydrogen (secondary N) is 2. The van der Waals surface area contributed by atoms with Crippen LogP contribution in [0.25, 0.3) is 0 Å². The second kappa shape index (κ2) is 2.99. The van der Waals surface area contributed by atoms with E-state index in [1.54, 1.807) is 13.2 Å². The zero-order chi connectivity index (χ0) is 6.53. The highest BCUT2D eigenvalue weighted by atomic mass is 15.4. The van der Waals surface area contributed by atoms with E-state index in [4.69, 9.17) is 0 Å². The molecule has 0 spiro atoms. The molecule has 1 aromatic rings. The molecule has 0 aromatic carbocycles. The normalized spacial score (nSPS) is 9.00. The van der Waals surface area contributed by atoms with Crippen molar-refractivity contribution in [3.05, 3.63) is 18.3 Å². The number of hydrazine groups is 1. The Morgan fingerprint density at radius 2 is 2.44 bits per heavy atom. The third-order valence-electron chi connectivity index (χ3n) is 0.825. The van der Waals surface area contributed by atoms with Crippen molar-refractivity contribution < 1.29 is 0 Å². The highest BCUT2D eigenvalue weighted by Gasteiger charge is 1.84. The molecule has 1 heterocycles. The first-order valence-electron chi connectivity index (χ1n) is 2.64. The van der Waals surface area contributed by atoms with Crippen LogP contribution < -0.4 is 10.9 Å². The number of nitrogens with zero attached hydrogens (tertiary/aromatic N) is 2. The summed E-state index contributed by atoms with van der Waals surface area (Å²) in [7, 11) is 1.77. The fourth-order valence-electron chi connectivity index (χ4n) is 0.496. The molecule has 0 atom stereocenters. The fraction of sp³-hybridized carbons (Fsp3) is 0.200. The van der Waals surface area contributed by atoms with Gasteiger partial charge in [-0.25, -0.2) is 5.43 Å². The monoisotopic (exact) mass is 124 g/mol. The summed E-state index contributed by atoms with van der Waals surface area (Å²) in [5.41, 5.74) is 5.52. The van der Waals surface area contributed by atoms with Crippen molar-refractivity contribution in [1.82, 2.24) is 15.6 Å². The Balaban J connectivity index is 2.61. The third kappa shape index (κ3) is 1.65. The van der Waals surface area contributed by atoms with Crippen LogP contribution in [-0.4, -0.2) is 17.2 Å². The van der Waals surface area contributed by atoms with Crippen LogP contribution in [0.1, 0.15) is 0 Å².